The lowest BCUT2D eigenvalue weighted by molar-refractivity contribution is -0.115. The van der Waals surface area contributed by atoms with Crippen LogP contribution < -0.4 is 10.1 Å². The average Bonchev–Trinajstić information content (AvgIpc) is 2.46. The standard InChI is InChI=1S/C16H15Cl2NO2S/c1-10(22-15-5-3-14(21-2)4-6-15)16(20)19-13-8-11(17)7-12(18)9-13/h3-10H,1-2H3,(H,19,20)/t10-/m0/s1. The van der Waals surface area contributed by atoms with Crippen LogP contribution >= 0.6 is 35.0 Å². The number of hydrogen-bond donors (Lipinski definition) is 1. The van der Waals surface area contributed by atoms with Crippen molar-refractivity contribution < 1.29 is 9.53 Å². The number of rotatable bonds is 5. The smallest absolute Gasteiger partial charge is 0.237 e. The lowest BCUT2D eigenvalue weighted by Gasteiger charge is -2.13. The van der Waals surface area contributed by atoms with E-state index in [9.17, 15) is 4.79 Å². The monoisotopic (exact) mass is 355 g/mol. The van der Waals surface area contributed by atoms with Gasteiger partial charge in [0.15, 0.2) is 0 Å². The number of amides is 1. The van der Waals surface area contributed by atoms with Gasteiger partial charge in [0.05, 0.1) is 12.4 Å². The topological polar surface area (TPSA) is 38.3 Å². The van der Waals surface area contributed by atoms with Gasteiger partial charge in [-0.05, 0) is 49.4 Å². The third-order valence-corrected chi connectivity index (χ3v) is 4.42. The van der Waals surface area contributed by atoms with Crippen LogP contribution in [-0.4, -0.2) is 18.3 Å². The Morgan fingerprint density at radius 2 is 1.73 bits per heavy atom. The van der Waals surface area contributed by atoms with Crippen LogP contribution in [0.1, 0.15) is 6.92 Å². The largest absolute Gasteiger partial charge is 0.497 e. The van der Waals surface area contributed by atoms with E-state index in [1.54, 1.807) is 25.3 Å². The number of carbonyl (C=O) groups excluding carboxylic acids is 1. The Hall–Kier alpha value is -1.36. The molecule has 2 aromatic rings. The Kier molecular flexibility index (Phi) is 6.00. The zero-order valence-corrected chi connectivity index (χ0v) is 14.4. The molecule has 0 heterocycles. The molecule has 0 fully saturated rings. The van der Waals surface area contributed by atoms with Crippen molar-refractivity contribution in [3.8, 4) is 5.75 Å². The fourth-order valence-corrected chi connectivity index (χ4v) is 3.18. The van der Waals surface area contributed by atoms with Crippen molar-refractivity contribution in [1.29, 1.82) is 0 Å². The van der Waals surface area contributed by atoms with Gasteiger partial charge in [-0.25, -0.2) is 0 Å². The summed E-state index contributed by atoms with van der Waals surface area (Å²) in [6, 6.07) is 12.5. The summed E-state index contributed by atoms with van der Waals surface area (Å²) in [5.41, 5.74) is 0.588. The number of benzene rings is 2. The number of methoxy groups -OCH3 is 1. The molecule has 116 valence electrons. The van der Waals surface area contributed by atoms with Crippen molar-refractivity contribution in [1.82, 2.24) is 0 Å². The van der Waals surface area contributed by atoms with Crippen LogP contribution in [0.2, 0.25) is 10.0 Å². The molecule has 0 aromatic heterocycles. The molecule has 0 aliphatic rings. The first kappa shape index (κ1) is 17.0. The Balaban J connectivity index is 1.99. The second-order valence-electron chi connectivity index (χ2n) is 4.58. The lowest BCUT2D eigenvalue weighted by atomic mass is 10.3. The Labute approximate surface area is 144 Å². The van der Waals surface area contributed by atoms with Gasteiger partial charge < -0.3 is 10.1 Å². The number of hydrogen-bond acceptors (Lipinski definition) is 3. The maximum atomic E-state index is 12.2. The minimum absolute atomic E-state index is 0.112. The van der Waals surface area contributed by atoms with Crippen LogP contribution in [0, 0.1) is 0 Å². The summed E-state index contributed by atoms with van der Waals surface area (Å²) >= 11 is 13.3. The Morgan fingerprint density at radius 3 is 2.27 bits per heavy atom. The second-order valence-corrected chi connectivity index (χ2v) is 6.87. The third kappa shape index (κ3) is 4.83. The predicted molar refractivity (Wildman–Crippen MR) is 93.4 cm³/mol. The summed E-state index contributed by atoms with van der Waals surface area (Å²) in [6.45, 7) is 1.84. The molecule has 0 aliphatic carbocycles. The summed E-state index contributed by atoms with van der Waals surface area (Å²) < 4.78 is 5.11. The van der Waals surface area contributed by atoms with E-state index in [0.29, 0.717) is 15.7 Å². The molecule has 1 N–H and O–H groups in total. The SMILES string of the molecule is COc1ccc(S[C@@H](C)C(=O)Nc2cc(Cl)cc(Cl)c2)cc1. The van der Waals surface area contributed by atoms with Crippen molar-refractivity contribution in [3.05, 3.63) is 52.5 Å². The van der Waals surface area contributed by atoms with Crippen molar-refractivity contribution >= 4 is 46.6 Å². The van der Waals surface area contributed by atoms with Crippen LogP contribution in [0.5, 0.6) is 5.75 Å². The molecular weight excluding hydrogens is 341 g/mol. The maximum Gasteiger partial charge on any atom is 0.237 e. The maximum absolute atomic E-state index is 12.2. The van der Waals surface area contributed by atoms with Crippen LogP contribution in [0.4, 0.5) is 5.69 Å². The molecule has 22 heavy (non-hydrogen) atoms. The first-order valence-corrected chi connectivity index (χ1v) is 8.19. The van der Waals surface area contributed by atoms with Crippen LogP contribution in [0.3, 0.4) is 0 Å². The number of nitrogens with one attached hydrogen (secondary N) is 1. The van der Waals surface area contributed by atoms with Crippen LogP contribution in [0.25, 0.3) is 0 Å². The number of ether oxygens (including phenoxy) is 1. The van der Waals surface area contributed by atoms with Crippen molar-refractivity contribution in [2.45, 2.75) is 17.1 Å². The van der Waals surface area contributed by atoms with Gasteiger partial charge in [0.25, 0.3) is 0 Å². The molecule has 3 nitrogen and oxygen atoms in total. The predicted octanol–water partition coefficient (Wildman–Crippen LogP) is 5.12. The first-order chi connectivity index (χ1) is 10.5. The van der Waals surface area contributed by atoms with Crippen molar-refractivity contribution in [2.75, 3.05) is 12.4 Å². The molecule has 1 amide bonds. The molecule has 6 heteroatoms. The minimum Gasteiger partial charge on any atom is -0.497 e. The second kappa shape index (κ2) is 7.77. The van der Waals surface area contributed by atoms with E-state index in [1.165, 1.54) is 11.8 Å². The minimum atomic E-state index is -0.258. The van der Waals surface area contributed by atoms with Crippen molar-refractivity contribution in [3.63, 3.8) is 0 Å². The van der Waals surface area contributed by atoms with E-state index in [1.807, 2.05) is 31.2 Å². The van der Waals surface area contributed by atoms with Crippen LogP contribution in [-0.2, 0) is 4.79 Å². The normalized spacial score (nSPS) is 11.8. The summed E-state index contributed by atoms with van der Waals surface area (Å²) in [6.07, 6.45) is 0. The van der Waals surface area contributed by atoms with E-state index >= 15 is 0 Å². The fourth-order valence-electron chi connectivity index (χ4n) is 1.78. The van der Waals surface area contributed by atoms with Gasteiger partial charge in [0.2, 0.25) is 5.91 Å². The highest BCUT2D eigenvalue weighted by Crippen LogP contribution is 2.27. The Bertz CT molecular complexity index is 641. The zero-order valence-electron chi connectivity index (χ0n) is 12.1. The number of anilines is 1. The van der Waals surface area contributed by atoms with E-state index in [4.69, 9.17) is 27.9 Å². The molecule has 2 rings (SSSR count). The van der Waals surface area contributed by atoms with Gasteiger partial charge in [-0.3, -0.25) is 4.79 Å². The number of halogens is 2. The highest BCUT2D eigenvalue weighted by Gasteiger charge is 2.15. The van der Waals surface area contributed by atoms with E-state index in [-0.39, 0.29) is 11.2 Å². The van der Waals surface area contributed by atoms with Gasteiger partial charge in [-0.1, -0.05) is 23.2 Å². The van der Waals surface area contributed by atoms with Gasteiger partial charge >= 0.3 is 0 Å². The van der Waals surface area contributed by atoms with Gasteiger partial charge in [-0.15, -0.1) is 11.8 Å². The number of thioether (sulfide) groups is 1. The molecule has 0 aliphatic heterocycles. The fraction of sp³-hybridized carbons (Fsp3) is 0.188. The molecule has 0 radical (unpaired) electrons. The average molecular weight is 356 g/mol. The van der Waals surface area contributed by atoms with E-state index in [0.717, 1.165) is 10.6 Å². The quantitative estimate of drug-likeness (QED) is 0.756. The molecular formula is C16H15Cl2NO2S. The highest BCUT2D eigenvalue weighted by atomic mass is 35.5. The van der Waals surface area contributed by atoms with Gasteiger partial charge in [0, 0.05) is 20.6 Å². The van der Waals surface area contributed by atoms with E-state index < -0.39 is 0 Å². The molecule has 0 saturated carbocycles. The third-order valence-electron chi connectivity index (χ3n) is 2.87. The summed E-state index contributed by atoms with van der Waals surface area (Å²) in [7, 11) is 1.62. The van der Waals surface area contributed by atoms with Crippen molar-refractivity contribution in [2.24, 2.45) is 0 Å². The lowest BCUT2D eigenvalue weighted by Crippen LogP contribution is -2.22. The number of carbonyl (C=O) groups is 1. The summed E-state index contributed by atoms with van der Waals surface area (Å²) in [5, 5.41) is 3.52. The first-order valence-electron chi connectivity index (χ1n) is 6.55. The molecule has 0 unspecified atom stereocenters. The summed E-state index contributed by atoms with van der Waals surface area (Å²) in [4.78, 5) is 13.2. The molecule has 1 atom stereocenters. The van der Waals surface area contributed by atoms with Crippen LogP contribution in [0.15, 0.2) is 47.4 Å². The summed E-state index contributed by atoms with van der Waals surface area (Å²) in [5.74, 6) is 0.675. The van der Waals surface area contributed by atoms with Gasteiger partial charge in [-0.2, -0.15) is 0 Å². The molecule has 2 aromatic carbocycles. The van der Waals surface area contributed by atoms with Gasteiger partial charge in [0.1, 0.15) is 5.75 Å². The molecule has 0 spiro atoms. The highest BCUT2D eigenvalue weighted by molar-refractivity contribution is 8.00. The molecule has 0 saturated heterocycles. The molecule has 0 bridgehead atoms. The Morgan fingerprint density at radius 1 is 1.14 bits per heavy atom. The van der Waals surface area contributed by atoms with E-state index in [2.05, 4.69) is 5.32 Å². The zero-order chi connectivity index (χ0) is 16.1.